The topological polar surface area (TPSA) is 77.3 Å². The van der Waals surface area contributed by atoms with Crippen molar-refractivity contribution in [3.63, 3.8) is 0 Å². The molecule has 1 aliphatic carbocycles. The van der Waals surface area contributed by atoms with Gasteiger partial charge in [-0.05, 0) is 56.6 Å². The van der Waals surface area contributed by atoms with Crippen LogP contribution in [0.25, 0.3) is 78.9 Å². The van der Waals surface area contributed by atoms with Crippen LogP contribution in [0.4, 0.5) is 0 Å². The van der Waals surface area contributed by atoms with Gasteiger partial charge in [-0.25, -0.2) is 29.9 Å². The van der Waals surface area contributed by atoms with E-state index in [0.717, 1.165) is 66.8 Å². The van der Waals surface area contributed by atoms with E-state index < -0.39 is 5.41 Å². The average molecular weight is 781 g/mol. The molecule has 0 saturated heterocycles. The number of rotatable bonds is 8. The lowest BCUT2D eigenvalue weighted by Gasteiger charge is -2.30. The Hall–Kier alpha value is -8.22. The van der Waals surface area contributed by atoms with Crippen LogP contribution in [0.3, 0.4) is 0 Å². The Morgan fingerprint density at radius 2 is 0.525 bits per heavy atom. The molecule has 2 heterocycles. The molecule has 8 aromatic carbocycles. The van der Waals surface area contributed by atoms with Crippen LogP contribution in [0.2, 0.25) is 0 Å². The van der Waals surface area contributed by atoms with Crippen LogP contribution in [-0.4, -0.2) is 29.9 Å². The summed E-state index contributed by atoms with van der Waals surface area (Å²) in [5, 5.41) is 0. The van der Waals surface area contributed by atoms with E-state index in [-0.39, 0.29) is 0 Å². The summed E-state index contributed by atoms with van der Waals surface area (Å²) >= 11 is 0. The summed E-state index contributed by atoms with van der Waals surface area (Å²) < 4.78 is 0. The van der Waals surface area contributed by atoms with E-state index in [0.29, 0.717) is 34.9 Å². The summed E-state index contributed by atoms with van der Waals surface area (Å²) in [7, 11) is 0. The maximum atomic E-state index is 5.53. The maximum Gasteiger partial charge on any atom is 0.163 e. The van der Waals surface area contributed by atoms with Gasteiger partial charge in [-0.15, -0.1) is 0 Å². The first-order valence-electron chi connectivity index (χ1n) is 20.4. The van der Waals surface area contributed by atoms with Crippen LogP contribution in [0.15, 0.2) is 218 Å². The lowest BCUT2D eigenvalue weighted by atomic mass is 9.76. The van der Waals surface area contributed by atoms with E-state index >= 15 is 0 Å². The van der Waals surface area contributed by atoms with E-state index in [1.165, 1.54) is 0 Å². The van der Waals surface area contributed by atoms with Crippen molar-refractivity contribution < 1.29 is 0 Å². The minimum Gasteiger partial charge on any atom is -0.211 e. The molecule has 0 atom stereocenters. The Labute approximate surface area is 354 Å². The zero-order chi connectivity index (χ0) is 40.6. The smallest absolute Gasteiger partial charge is 0.163 e. The second-order valence-electron chi connectivity index (χ2n) is 15.1. The summed E-state index contributed by atoms with van der Waals surface area (Å²) in [5.41, 5.74) is 10.8. The number of nitrogens with zero attached hydrogens (tertiary/aromatic N) is 6. The highest BCUT2D eigenvalue weighted by Gasteiger charge is 2.51. The fourth-order valence-electron chi connectivity index (χ4n) is 8.53. The van der Waals surface area contributed by atoms with Crippen LogP contribution in [0, 0.1) is 0 Å². The fraction of sp³-hybridized carbons (Fsp3) is 0.0182. The van der Waals surface area contributed by atoms with E-state index in [2.05, 4.69) is 146 Å². The van der Waals surface area contributed by atoms with Gasteiger partial charge in [0.15, 0.2) is 34.9 Å². The van der Waals surface area contributed by atoms with E-state index in [1.54, 1.807) is 0 Å². The first kappa shape index (κ1) is 35.9. The summed E-state index contributed by atoms with van der Waals surface area (Å²) in [5.74, 6) is 3.26. The largest absolute Gasteiger partial charge is 0.211 e. The first-order valence-corrected chi connectivity index (χ1v) is 20.4. The number of hydrogen-bond donors (Lipinski definition) is 0. The molecule has 0 N–H and O–H groups in total. The Bertz CT molecular complexity index is 2970. The molecule has 0 spiro atoms. The van der Waals surface area contributed by atoms with Gasteiger partial charge in [0.05, 0.1) is 0 Å². The van der Waals surface area contributed by atoms with Crippen LogP contribution in [0.5, 0.6) is 0 Å². The molecule has 11 rings (SSSR count). The highest BCUT2D eigenvalue weighted by atomic mass is 15.1. The quantitative estimate of drug-likeness (QED) is 0.153. The molecule has 0 unspecified atom stereocenters. The third kappa shape index (κ3) is 6.38. The molecule has 6 heteroatoms. The average Bonchev–Trinajstić information content (AvgIpc) is 3.66. The zero-order valence-electron chi connectivity index (χ0n) is 33.0. The third-order valence-corrected chi connectivity index (χ3v) is 11.4. The van der Waals surface area contributed by atoms with Crippen molar-refractivity contribution in [3.05, 3.63) is 241 Å². The predicted molar refractivity (Wildman–Crippen MR) is 243 cm³/mol. The molecule has 0 aliphatic heterocycles. The number of hydrogen-bond acceptors (Lipinski definition) is 6. The minimum atomic E-state index is -1.18. The maximum absolute atomic E-state index is 5.53. The molecule has 0 amide bonds. The van der Waals surface area contributed by atoms with Crippen LogP contribution < -0.4 is 0 Å². The van der Waals surface area contributed by atoms with Crippen LogP contribution in [-0.2, 0) is 5.41 Å². The van der Waals surface area contributed by atoms with Crippen molar-refractivity contribution in [1.82, 2.24) is 29.9 Å². The second-order valence-corrected chi connectivity index (χ2v) is 15.1. The van der Waals surface area contributed by atoms with Gasteiger partial charge in [0.25, 0.3) is 0 Å². The predicted octanol–water partition coefficient (Wildman–Crippen LogP) is 12.4. The molecule has 2 aromatic heterocycles. The molecule has 0 saturated carbocycles. The Morgan fingerprint density at radius 1 is 0.230 bits per heavy atom. The van der Waals surface area contributed by atoms with Gasteiger partial charge >= 0.3 is 0 Å². The Kier molecular flexibility index (Phi) is 8.94. The lowest BCUT2D eigenvalue weighted by Crippen LogP contribution is -2.34. The number of aromatic nitrogens is 6. The molecule has 0 bridgehead atoms. The van der Waals surface area contributed by atoms with Crippen molar-refractivity contribution in [2.45, 2.75) is 5.41 Å². The SMILES string of the molecule is c1ccc(-c2cccc(-c3nc(-c4ccccc4)nc(C4(c5nc(-c6ccccc6)nc(-c6cccc(-c7ccccc7)c6)n5)c5ccccc5-c5ccccc54)n3)c2)cc1. The lowest BCUT2D eigenvalue weighted by molar-refractivity contribution is 0.639. The highest BCUT2D eigenvalue weighted by molar-refractivity contribution is 5.85. The molecule has 0 fully saturated rings. The molecule has 10 aromatic rings. The fourth-order valence-corrected chi connectivity index (χ4v) is 8.53. The Balaban J connectivity index is 1.23. The van der Waals surface area contributed by atoms with Gasteiger partial charge in [0.2, 0.25) is 0 Å². The standard InChI is InChI=1S/C55H36N6/c1-5-19-37(20-6-1)41-27-17-29-43(35-41)51-56-49(39-23-9-3-10-24-39)58-53(60-51)55(47-33-15-13-31-45(47)46-32-14-16-34-48(46)55)54-59-50(40-25-11-4-12-26-40)57-52(61-54)44-30-18-28-42(36-44)38-21-7-2-8-22-38/h1-36H. The van der Waals surface area contributed by atoms with Crippen LogP contribution >= 0.6 is 0 Å². The Morgan fingerprint density at radius 3 is 0.918 bits per heavy atom. The highest BCUT2D eigenvalue weighted by Crippen LogP contribution is 2.55. The van der Waals surface area contributed by atoms with E-state index in [9.17, 15) is 0 Å². The summed E-state index contributed by atoms with van der Waals surface area (Å²) in [6.07, 6.45) is 0. The molecule has 1 aliphatic rings. The van der Waals surface area contributed by atoms with Crippen molar-refractivity contribution >= 4 is 0 Å². The summed E-state index contributed by atoms with van der Waals surface area (Å²) in [4.78, 5) is 32.4. The van der Waals surface area contributed by atoms with Crippen molar-refractivity contribution in [2.75, 3.05) is 0 Å². The second kappa shape index (κ2) is 15.2. The number of benzene rings is 8. The molecule has 286 valence electrons. The summed E-state index contributed by atoms with van der Waals surface area (Å²) in [6, 6.07) is 74.8. The van der Waals surface area contributed by atoms with Crippen LogP contribution in [0.1, 0.15) is 22.8 Å². The minimum absolute atomic E-state index is 0.521. The first-order chi connectivity index (χ1) is 30.2. The van der Waals surface area contributed by atoms with Crippen molar-refractivity contribution in [2.24, 2.45) is 0 Å². The van der Waals surface area contributed by atoms with Gasteiger partial charge < -0.3 is 0 Å². The van der Waals surface area contributed by atoms with Gasteiger partial charge in [0, 0.05) is 22.3 Å². The zero-order valence-corrected chi connectivity index (χ0v) is 33.0. The molecule has 61 heavy (non-hydrogen) atoms. The molecule has 6 nitrogen and oxygen atoms in total. The van der Waals surface area contributed by atoms with Gasteiger partial charge in [-0.1, -0.05) is 206 Å². The van der Waals surface area contributed by atoms with Gasteiger partial charge in [0.1, 0.15) is 5.41 Å². The van der Waals surface area contributed by atoms with Gasteiger partial charge in [-0.3, -0.25) is 0 Å². The molecular formula is C55H36N6. The van der Waals surface area contributed by atoms with Crippen molar-refractivity contribution in [1.29, 1.82) is 0 Å². The molecule has 0 radical (unpaired) electrons. The van der Waals surface area contributed by atoms with Gasteiger partial charge in [-0.2, -0.15) is 0 Å². The third-order valence-electron chi connectivity index (χ3n) is 11.4. The van der Waals surface area contributed by atoms with Crippen molar-refractivity contribution in [3.8, 4) is 78.9 Å². The monoisotopic (exact) mass is 780 g/mol. The summed E-state index contributed by atoms with van der Waals surface area (Å²) in [6.45, 7) is 0. The number of fused-ring (bicyclic) bond motifs is 3. The molecular weight excluding hydrogens is 745 g/mol. The van der Waals surface area contributed by atoms with E-state index in [1.807, 2.05) is 72.8 Å². The normalized spacial score (nSPS) is 12.4. The van der Waals surface area contributed by atoms with E-state index in [4.69, 9.17) is 29.9 Å².